The van der Waals surface area contributed by atoms with Gasteiger partial charge in [0.1, 0.15) is 10.9 Å². The summed E-state index contributed by atoms with van der Waals surface area (Å²) in [7, 11) is -2.14. The fraction of sp³-hybridized carbons (Fsp3) is 0.548. The second kappa shape index (κ2) is 11.9. The Hall–Kier alpha value is -2.91. The third-order valence-electron chi connectivity index (χ3n) is 8.18. The molecule has 218 valence electrons. The molecule has 1 saturated heterocycles. The van der Waals surface area contributed by atoms with E-state index in [1.54, 1.807) is 4.31 Å². The van der Waals surface area contributed by atoms with Crippen LogP contribution in [-0.2, 0) is 36.3 Å². The maximum Gasteiger partial charge on any atom is 0.407 e. The predicted octanol–water partition coefficient (Wildman–Crippen LogP) is 5.62. The van der Waals surface area contributed by atoms with Gasteiger partial charge in [0, 0.05) is 18.6 Å². The van der Waals surface area contributed by atoms with Crippen LogP contribution >= 0.6 is 0 Å². The minimum atomic E-state index is -3.54. The Morgan fingerprint density at radius 3 is 2.17 bits per heavy atom. The number of sulfonamides is 1. The summed E-state index contributed by atoms with van der Waals surface area (Å²) in [6, 6.07) is 16.9. The number of amides is 1. The van der Waals surface area contributed by atoms with E-state index in [4.69, 9.17) is 9.47 Å². The number of hydrogen-bond donors (Lipinski definition) is 1. The molecule has 1 saturated carbocycles. The van der Waals surface area contributed by atoms with Gasteiger partial charge in [-0.15, -0.1) is 0 Å². The highest BCUT2D eigenvalue weighted by Gasteiger charge is 2.45. The van der Waals surface area contributed by atoms with Crippen molar-refractivity contribution in [2.24, 2.45) is 0 Å². The largest absolute Gasteiger partial charge is 0.468 e. The molecule has 8 nitrogen and oxygen atoms in total. The van der Waals surface area contributed by atoms with E-state index in [0.717, 1.165) is 23.1 Å². The Morgan fingerprint density at radius 1 is 0.975 bits per heavy atom. The molecule has 1 amide bonds. The van der Waals surface area contributed by atoms with E-state index in [-0.39, 0.29) is 24.6 Å². The van der Waals surface area contributed by atoms with E-state index in [1.807, 2.05) is 82.3 Å². The lowest BCUT2D eigenvalue weighted by Gasteiger charge is -2.39. The number of esters is 1. The zero-order valence-electron chi connectivity index (χ0n) is 24.2. The van der Waals surface area contributed by atoms with Gasteiger partial charge in [-0.25, -0.2) is 13.2 Å². The average molecular weight is 571 g/mol. The van der Waals surface area contributed by atoms with E-state index in [0.29, 0.717) is 32.1 Å². The molecule has 1 heterocycles. The van der Waals surface area contributed by atoms with Crippen molar-refractivity contribution in [3.8, 4) is 0 Å². The standard InChI is InChI=1S/C31H42N2O6S/c1-22-11-16-27(24-9-7-6-8-10-24)40(36,37)33(22)21-23-12-14-25(15-13-23)31(28(34)38-5)19-17-26(18-20-31)32-29(35)39-30(2,3)4/h6-10,12-15,22,26-27H,11,16-21H2,1-5H3,(H,32,35). The third kappa shape index (κ3) is 6.52. The van der Waals surface area contributed by atoms with Gasteiger partial charge >= 0.3 is 12.1 Å². The first-order valence-electron chi connectivity index (χ1n) is 14.1. The highest BCUT2D eigenvalue weighted by atomic mass is 32.2. The van der Waals surface area contributed by atoms with E-state index in [1.165, 1.54) is 7.11 Å². The van der Waals surface area contributed by atoms with Crippen LogP contribution in [-0.4, -0.2) is 49.6 Å². The molecule has 0 radical (unpaired) electrons. The van der Waals surface area contributed by atoms with Crippen LogP contribution in [0, 0.1) is 0 Å². The van der Waals surface area contributed by atoms with Gasteiger partial charge in [-0.2, -0.15) is 4.31 Å². The molecule has 4 rings (SSSR count). The fourth-order valence-electron chi connectivity index (χ4n) is 6.00. The summed E-state index contributed by atoms with van der Waals surface area (Å²) >= 11 is 0. The second-order valence-corrected chi connectivity index (χ2v) is 14.2. The Balaban J connectivity index is 1.48. The van der Waals surface area contributed by atoms with Gasteiger partial charge < -0.3 is 14.8 Å². The molecule has 1 N–H and O–H groups in total. The van der Waals surface area contributed by atoms with Gasteiger partial charge in [-0.05, 0) is 82.9 Å². The Kier molecular flexibility index (Phi) is 8.95. The zero-order chi connectivity index (χ0) is 29.1. The molecule has 0 aromatic heterocycles. The topological polar surface area (TPSA) is 102 Å². The van der Waals surface area contributed by atoms with Crippen LogP contribution in [0.4, 0.5) is 4.79 Å². The smallest absolute Gasteiger partial charge is 0.407 e. The summed E-state index contributed by atoms with van der Waals surface area (Å²) in [6.45, 7) is 7.70. The van der Waals surface area contributed by atoms with Gasteiger partial charge in [0.05, 0.1) is 12.5 Å². The summed E-state index contributed by atoms with van der Waals surface area (Å²) in [4.78, 5) is 25.3. The highest BCUT2D eigenvalue weighted by Crippen LogP contribution is 2.42. The molecule has 2 fully saturated rings. The van der Waals surface area contributed by atoms with Gasteiger partial charge in [-0.3, -0.25) is 4.79 Å². The summed E-state index contributed by atoms with van der Waals surface area (Å²) in [5.41, 5.74) is 1.14. The molecule has 1 aliphatic carbocycles. The van der Waals surface area contributed by atoms with Crippen LogP contribution in [0.5, 0.6) is 0 Å². The molecule has 0 bridgehead atoms. The SMILES string of the molecule is COC(=O)C1(c2ccc(CN3C(C)CCC(c4ccccc4)S3(=O)=O)cc2)CCC(NC(=O)OC(C)(C)C)CC1. The van der Waals surface area contributed by atoms with Crippen molar-refractivity contribution in [1.82, 2.24) is 9.62 Å². The maximum atomic E-state index is 13.6. The normalized spacial score (nSPS) is 27.0. The number of methoxy groups -OCH3 is 1. The van der Waals surface area contributed by atoms with Crippen LogP contribution in [0.15, 0.2) is 54.6 Å². The monoisotopic (exact) mass is 570 g/mol. The molecular weight excluding hydrogens is 528 g/mol. The lowest BCUT2D eigenvalue weighted by molar-refractivity contribution is -0.149. The Morgan fingerprint density at radius 2 is 1.60 bits per heavy atom. The maximum absolute atomic E-state index is 13.6. The van der Waals surface area contributed by atoms with Gasteiger partial charge in [0.15, 0.2) is 0 Å². The number of nitrogens with zero attached hydrogens (tertiary/aromatic N) is 1. The number of nitrogens with one attached hydrogen (secondary N) is 1. The van der Waals surface area contributed by atoms with E-state index in [9.17, 15) is 18.0 Å². The van der Waals surface area contributed by atoms with Crippen molar-refractivity contribution in [3.05, 3.63) is 71.3 Å². The first-order valence-corrected chi connectivity index (χ1v) is 15.6. The van der Waals surface area contributed by atoms with E-state index >= 15 is 0 Å². The summed E-state index contributed by atoms with van der Waals surface area (Å²) < 4.78 is 39.5. The third-order valence-corrected chi connectivity index (χ3v) is 10.5. The number of ether oxygens (including phenoxy) is 2. The first-order chi connectivity index (χ1) is 18.9. The van der Waals surface area contributed by atoms with Gasteiger partial charge in [-0.1, -0.05) is 54.6 Å². The Labute approximate surface area is 238 Å². The van der Waals surface area contributed by atoms with Crippen LogP contribution in [0.25, 0.3) is 0 Å². The molecule has 1 aliphatic heterocycles. The quantitative estimate of drug-likeness (QED) is 0.453. The van der Waals surface area contributed by atoms with Crippen molar-refractivity contribution in [2.45, 2.75) is 101 Å². The van der Waals surface area contributed by atoms with Crippen molar-refractivity contribution in [1.29, 1.82) is 0 Å². The highest BCUT2D eigenvalue weighted by molar-refractivity contribution is 7.89. The van der Waals surface area contributed by atoms with Crippen LogP contribution in [0.1, 0.15) is 88.2 Å². The lowest BCUT2D eigenvalue weighted by atomic mass is 9.68. The average Bonchev–Trinajstić information content (AvgIpc) is 2.91. The predicted molar refractivity (Wildman–Crippen MR) is 154 cm³/mol. The summed E-state index contributed by atoms with van der Waals surface area (Å²) in [6.07, 6.45) is 3.21. The fourth-order valence-corrected chi connectivity index (χ4v) is 8.19. The molecule has 2 atom stereocenters. The Bertz CT molecular complexity index is 1280. The molecule has 2 aromatic carbocycles. The molecule has 2 unspecified atom stereocenters. The summed E-state index contributed by atoms with van der Waals surface area (Å²) in [5, 5.41) is 2.38. The van der Waals surface area contributed by atoms with Gasteiger partial charge in [0.2, 0.25) is 10.0 Å². The number of carbonyl (C=O) groups excluding carboxylic acids is 2. The molecule has 9 heteroatoms. The van der Waals surface area contributed by atoms with E-state index < -0.39 is 32.4 Å². The minimum absolute atomic E-state index is 0.0877. The number of carbonyl (C=O) groups is 2. The number of hydrogen-bond acceptors (Lipinski definition) is 6. The number of rotatable bonds is 6. The van der Waals surface area contributed by atoms with Crippen molar-refractivity contribution >= 4 is 22.1 Å². The molecule has 2 aliphatic rings. The second-order valence-electron chi connectivity index (χ2n) is 12.1. The number of benzene rings is 2. The molecule has 2 aromatic rings. The van der Waals surface area contributed by atoms with Crippen LogP contribution < -0.4 is 5.32 Å². The molecule has 0 spiro atoms. The minimum Gasteiger partial charge on any atom is -0.468 e. The zero-order valence-corrected chi connectivity index (χ0v) is 25.0. The summed E-state index contributed by atoms with van der Waals surface area (Å²) in [5.74, 6) is -0.297. The first kappa shape index (κ1) is 30.1. The number of alkyl carbamates (subject to hydrolysis) is 1. The van der Waals surface area contributed by atoms with E-state index in [2.05, 4.69) is 5.32 Å². The van der Waals surface area contributed by atoms with Crippen molar-refractivity contribution in [3.63, 3.8) is 0 Å². The lowest BCUT2D eigenvalue weighted by Crippen LogP contribution is -2.47. The molecular formula is C31H42N2O6S. The van der Waals surface area contributed by atoms with Crippen LogP contribution in [0.3, 0.4) is 0 Å². The van der Waals surface area contributed by atoms with Crippen molar-refractivity contribution in [2.75, 3.05) is 7.11 Å². The van der Waals surface area contributed by atoms with Gasteiger partial charge in [0.25, 0.3) is 0 Å². The van der Waals surface area contributed by atoms with Crippen LogP contribution in [0.2, 0.25) is 0 Å². The molecule has 40 heavy (non-hydrogen) atoms. The van der Waals surface area contributed by atoms with Crippen molar-refractivity contribution < 1.29 is 27.5 Å².